The fourth-order valence-corrected chi connectivity index (χ4v) is 3.65. The summed E-state index contributed by atoms with van der Waals surface area (Å²) in [5, 5.41) is 7.55. The summed E-state index contributed by atoms with van der Waals surface area (Å²) in [4.78, 5) is 25.9. The third kappa shape index (κ3) is 5.72. The lowest BCUT2D eigenvalue weighted by Crippen LogP contribution is -2.44. The molecule has 0 bridgehead atoms. The number of carbonyl (C=O) groups excluding carboxylic acids is 2. The fraction of sp³-hybridized carbons (Fsp3) is 0.476. The molecule has 1 aromatic carbocycles. The standard InChI is InChI=1S/C21H28FN5O4/c1-14-12-26(21(29)31-11-3-10-30-2)9-8-18(14)27-13-17(19(23)28)20(25-27)24-16-6-4-15(22)5-7-16/h4-7,13-14,18H,3,8-12H2,1-2H3,(H2,23,28)(H,24,25)/t14-,18-/m1/s1. The van der Waals surface area contributed by atoms with Crippen LogP contribution in [0.5, 0.6) is 0 Å². The number of primary amides is 1. The van der Waals surface area contributed by atoms with Crippen LogP contribution in [0.25, 0.3) is 0 Å². The Morgan fingerprint density at radius 2 is 2.03 bits per heavy atom. The van der Waals surface area contributed by atoms with E-state index in [1.807, 2.05) is 6.92 Å². The molecule has 1 aromatic heterocycles. The Bertz CT molecular complexity index is 902. The molecule has 10 heteroatoms. The number of ether oxygens (including phenoxy) is 2. The monoisotopic (exact) mass is 433 g/mol. The SMILES string of the molecule is COCCCOC(=O)N1CC[C@@H](n2cc(C(N)=O)c(Nc3ccc(F)cc3)n2)[C@H](C)C1. The van der Waals surface area contributed by atoms with E-state index >= 15 is 0 Å². The molecule has 168 valence electrons. The molecule has 2 heterocycles. The van der Waals surface area contributed by atoms with Crippen LogP contribution in [0, 0.1) is 11.7 Å². The second-order valence-corrected chi connectivity index (χ2v) is 7.61. The Morgan fingerprint density at radius 3 is 2.68 bits per heavy atom. The molecule has 1 aliphatic heterocycles. The van der Waals surface area contributed by atoms with Crippen molar-refractivity contribution in [1.82, 2.24) is 14.7 Å². The van der Waals surface area contributed by atoms with Crippen molar-refractivity contribution in [3.8, 4) is 0 Å². The number of hydrogen-bond acceptors (Lipinski definition) is 6. The molecule has 3 rings (SSSR count). The normalized spacial score (nSPS) is 18.6. The van der Waals surface area contributed by atoms with E-state index in [4.69, 9.17) is 15.2 Å². The van der Waals surface area contributed by atoms with E-state index in [9.17, 15) is 14.0 Å². The summed E-state index contributed by atoms with van der Waals surface area (Å²) in [7, 11) is 1.60. The predicted molar refractivity (Wildman–Crippen MR) is 113 cm³/mol. The van der Waals surface area contributed by atoms with Gasteiger partial charge in [0.1, 0.15) is 11.4 Å². The van der Waals surface area contributed by atoms with Crippen molar-refractivity contribution in [3.63, 3.8) is 0 Å². The molecule has 2 aromatic rings. The molecule has 0 saturated carbocycles. The lowest BCUT2D eigenvalue weighted by atomic mass is 9.94. The van der Waals surface area contributed by atoms with Crippen LogP contribution in [0.3, 0.4) is 0 Å². The van der Waals surface area contributed by atoms with Gasteiger partial charge in [0.2, 0.25) is 0 Å². The van der Waals surface area contributed by atoms with E-state index in [0.29, 0.717) is 50.7 Å². The van der Waals surface area contributed by atoms with E-state index in [-0.39, 0.29) is 29.4 Å². The van der Waals surface area contributed by atoms with Crippen LogP contribution in [0.15, 0.2) is 30.5 Å². The van der Waals surface area contributed by atoms with E-state index in [1.54, 1.807) is 35.0 Å². The lowest BCUT2D eigenvalue weighted by Gasteiger charge is -2.36. The number of aromatic nitrogens is 2. The van der Waals surface area contributed by atoms with Gasteiger partial charge in [-0.1, -0.05) is 6.92 Å². The van der Waals surface area contributed by atoms with Crippen molar-refractivity contribution in [1.29, 1.82) is 0 Å². The molecule has 2 atom stereocenters. The smallest absolute Gasteiger partial charge is 0.409 e. The third-order valence-electron chi connectivity index (χ3n) is 5.28. The summed E-state index contributed by atoms with van der Waals surface area (Å²) in [6.45, 7) is 3.92. The average molecular weight is 433 g/mol. The molecular weight excluding hydrogens is 405 g/mol. The van der Waals surface area contributed by atoms with Crippen LogP contribution in [0.1, 0.15) is 36.2 Å². The number of hydrogen-bond donors (Lipinski definition) is 2. The van der Waals surface area contributed by atoms with Gasteiger partial charge in [-0.25, -0.2) is 9.18 Å². The Balaban J connectivity index is 1.66. The summed E-state index contributed by atoms with van der Waals surface area (Å²) >= 11 is 0. The number of methoxy groups -OCH3 is 1. The minimum absolute atomic E-state index is 0.0144. The topological polar surface area (TPSA) is 112 Å². The van der Waals surface area contributed by atoms with Crippen molar-refractivity contribution < 1.29 is 23.5 Å². The van der Waals surface area contributed by atoms with Crippen molar-refractivity contribution in [3.05, 3.63) is 41.8 Å². The molecule has 0 radical (unpaired) electrons. The van der Waals surface area contributed by atoms with Crippen molar-refractivity contribution in [2.75, 3.05) is 38.7 Å². The molecule has 2 amide bonds. The van der Waals surface area contributed by atoms with Crippen molar-refractivity contribution >= 4 is 23.5 Å². The second-order valence-electron chi connectivity index (χ2n) is 7.61. The Labute approximate surface area is 180 Å². The quantitative estimate of drug-likeness (QED) is 0.619. The number of piperidine rings is 1. The van der Waals surface area contributed by atoms with E-state index in [1.165, 1.54) is 12.1 Å². The molecule has 0 unspecified atom stereocenters. The maximum atomic E-state index is 13.2. The summed E-state index contributed by atoms with van der Waals surface area (Å²) in [5.41, 5.74) is 6.37. The molecule has 31 heavy (non-hydrogen) atoms. The minimum Gasteiger partial charge on any atom is -0.449 e. The van der Waals surface area contributed by atoms with Crippen LogP contribution in [-0.4, -0.2) is 60.1 Å². The van der Waals surface area contributed by atoms with Gasteiger partial charge in [0.25, 0.3) is 5.91 Å². The number of nitrogens with zero attached hydrogens (tertiary/aromatic N) is 3. The number of rotatable bonds is 8. The molecule has 1 saturated heterocycles. The number of carbonyl (C=O) groups is 2. The van der Waals surface area contributed by atoms with Gasteiger partial charge >= 0.3 is 6.09 Å². The Hall–Kier alpha value is -3.14. The van der Waals surface area contributed by atoms with Gasteiger partial charge in [0.15, 0.2) is 5.82 Å². The summed E-state index contributed by atoms with van der Waals surface area (Å²) in [6.07, 6.45) is 2.60. The van der Waals surface area contributed by atoms with Crippen LogP contribution < -0.4 is 11.1 Å². The molecule has 1 fully saturated rings. The minimum atomic E-state index is -0.611. The first kappa shape index (κ1) is 22.5. The molecular formula is C21H28FN5O4. The largest absolute Gasteiger partial charge is 0.449 e. The highest BCUT2D eigenvalue weighted by molar-refractivity contribution is 5.98. The molecule has 3 N–H and O–H groups in total. The summed E-state index contributed by atoms with van der Waals surface area (Å²) in [6, 6.07) is 5.72. The molecule has 0 spiro atoms. The van der Waals surface area contributed by atoms with Crippen LogP contribution in [-0.2, 0) is 9.47 Å². The van der Waals surface area contributed by atoms with Gasteiger partial charge < -0.3 is 25.4 Å². The summed E-state index contributed by atoms with van der Waals surface area (Å²) < 4.78 is 25.1. The zero-order valence-electron chi connectivity index (χ0n) is 17.7. The zero-order valence-corrected chi connectivity index (χ0v) is 17.7. The second kappa shape index (κ2) is 10.3. The van der Waals surface area contributed by atoms with Crippen LogP contribution in [0.2, 0.25) is 0 Å². The number of likely N-dealkylation sites (tertiary alicyclic amines) is 1. The van der Waals surface area contributed by atoms with Crippen LogP contribution >= 0.6 is 0 Å². The van der Waals surface area contributed by atoms with Crippen molar-refractivity contribution in [2.45, 2.75) is 25.8 Å². The average Bonchev–Trinajstić information content (AvgIpc) is 3.16. The number of amides is 2. The highest BCUT2D eigenvalue weighted by Gasteiger charge is 2.32. The van der Waals surface area contributed by atoms with Gasteiger partial charge in [0.05, 0.1) is 12.6 Å². The van der Waals surface area contributed by atoms with E-state index < -0.39 is 5.91 Å². The number of nitrogens with two attached hydrogens (primary N) is 1. The van der Waals surface area contributed by atoms with Crippen molar-refractivity contribution in [2.24, 2.45) is 11.7 Å². The van der Waals surface area contributed by atoms with Gasteiger partial charge in [-0.2, -0.15) is 5.10 Å². The molecule has 1 aliphatic rings. The summed E-state index contributed by atoms with van der Waals surface area (Å²) in [5.74, 6) is -0.574. The molecule has 0 aliphatic carbocycles. The van der Waals surface area contributed by atoms with E-state index in [2.05, 4.69) is 10.4 Å². The number of nitrogens with one attached hydrogen (secondary N) is 1. The number of benzene rings is 1. The first-order valence-electron chi connectivity index (χ1n) is 10.2. The fourth-order valence-electron chi connectivity index (χ4n) is 3.65. The van der Waals surface area contributed by atoms with Gasteiger partial charge in [-0.3, -0.25) is 9.48 Å². The molecule has 9 nitrogen and oxygen atoms in total. The number of anilines is 2. The lowest BCUT2D eigenvalue weighted by molar-refractivity contribution is 0.0655. The third-order valence-corrected chi connectivity index (χ3v) is 5.28. The number of halogens is 1. The predicted octanol–water partition coefficient (Wildman–Crippen LogP) is 2.92. The van der Waals surface area contributed by atoms with Crippen LogP contribution in [0.4, 0.5) is 20.7 Å². The van der Waals surface area contributed by atoms with Gasteiger partial charge in [-0.15, -0.1) is 0 Å². The highest BCUT2D eigenvalue weighted by atomic mass is 19.1. The Kier molecular flexibility index (Phi) is 7.45. The Morgan fingerprint density at radius 1 is 1.29 bits per heavy atom. The highest BCUT2D eigenvalue weighted by Crippen LogP contribution is 2.30. The zero-order chi connectivity index (χ0) is 22.4. The van der Waals surface area contributed by atoms with E-state index in [0.717, 1.165) is 0 Å². The van der Waals surface area contributed by atoms with Gasteiger partial charge in [-0.05, 0) is 36.6 Å². The van der Waals surface area contributed by atoms with Gasteiger partial charge in [0, 0.05) is 45.1 Å². The first-order chi connectivity index (χ1) is 14.9. The maximum absolute atomic E-state index is 13.2. The first-order valence-corrected chi connectivity index (χ1v) is 10.2. The maximum Gasteiger partial charge on any atom is 0.409 e.